The summed E-state index contributed by atoms with van der Waals surface area (Å²) in [4.78, 5) is 10.8. The van der Waals surface area contributed by atoms with Gasteiger partial charge in [-0.3, -0.25) is 4.79 Å². The van der Waals surface area contributed by atoms with Crippen LogP contribution in [0, 0.1) is 0 Å². The van der Waals surface area contributed by atoms with Gasteiger partial charge in [-0.2, -0.15) is 4.72 Å². The maximum absolute atomic E-state index is 12.0. The van der Waals surface area contributed by atoms with Crippen LogP contribution in [0.15, 0.2) is 23.1 Å². The Kier molecular flexibility index (Phi) is 5.16. The van der Waals surface area contributed by atoms with E-state index < -0.39 is 22.0 Å². The molecule has 1 aromatic carbocycles. The van der Waals surface area contributed by atoms with Crippen LogP contribution < -0.4 is 15.2 Å². The zero-order valence-corrected chi connectivity index (χ0v) is 12.1. The molecule has 1 rings (SSSR count). The van der Waals surface area contributed by atoms with Gasteiger partial charge in [-0.05, 0) is 32.0 Å². The highest BCUT2D eigenvalue weighted by molar-refractivity contribution is 7.89. The third-order valence-electron chi connectivity index (χ3n) is 2.27. The van der Waals surface area contributed by atoms with Gasteiger partial charge in [0.15, 0.2) is 0 Å². The monoisotopic (exact) mass is 306 g/mol. The van der Waals surface area contributed by atoms with Crippen molar-refractivity contribution in [2.24, 2.45) is 5.73 Å². The summed E-state index contributed by atoms with van der Waals surface area (Å²) in [6, 6.07) is 3.04. The number of rotatable bonds is 6. The second-order valence-corrected chi connectivity index (χ2v) is 5.89. The van der Waals surface area contributed by atoms with Crippen molar-refractivity contribution in [3.05, 3.63) is 23.2 Å². The Bertz CT molecular complexity index is 574. The standard InChI is InChI=1S/C11H15ClN2O4S/c1-3-18-10-5-4-8(6-9(10)12)19(16,17)14-7(2)11(13)15/h4-7,14H,3H2,1-2H3,(H2,13,15). The van der Waals surface area contributed by atoms with Crippen LogP contribution in [0.25, 0.3) is 0 Å². The summed E-state index contributed by atoms with van der Waals surface area (Å²) in [5.41, 5.74) is 5.00. The summed E-state index contributed by atoms with van der Waals surface area (Å²) in [7, 11) is -3.85. The van der Waals surface area contributed by atoms with Gasteiger partial charge in [0.1, 0.15) is 5.75 Å². The molecule has 106 valence electrons. The van der Waals surface area contributed by atoms with Gasteiger partial charge in [0.25, 0.3) is 0 Å². The molecule has 1 unspecified atom stereocenters. The van der Waals surface area contributed by atoms with Crippen molar-refractivity contribution in [1.29, 1.82) is 0 Å². The summed E-state index contributed by atoms with van der Waals surface area (Å²) in [6.07, 6.45) is 0. The lowest BCUT2D eigenvalue weighted by molar-refractivity contribution is -0.119. The third kappa shape index (κ3) is 4.09. The molecule has 3 N–H and O–H groups in total. The second-order valence-electron chi connectivity index (χ2n) is 3.77. The SMILES string of the molecule is CCOc1ccc(S(=O)(=O)NC(C)C(N)=O)cc1Cl. The summed E-state index contributed by atoms with van der Waals surface area (Å²) >= 11 is 5.90. The fourth-order valence-corrected chi connectivity index (χ4v) is 2.82. The highest BCUT2D eigenvalue weighted by Gasteiger charge is 2.21. The zero-order chi connectivity index (χ0) is 14.6. The summed E-state index contributed by atoms with van der Waals surface area (Å²) < 4.78 is 31.3. The Hall–Kier alpha value is -1.31. The highest BCUT2D eigenvalue weighted by atomic mass is 35.5. The van der Waals surface area contributed by atoms with Crippen LogP contribution in [0.2, 0.25) is 5.02 Å². The van der Waals surface area contributed by atoms with Crippen molar-refractivity contribution in [3.8, 4) is 5.75 Å². The average molecular weight is 307 g/mol. The van der Waals surface area contributed by atoms with Gasteiger partial charge in [0.2, 0.25) is 15.9 Å². The minimum atomic E-state index is -3.85. The van der Waals surface area contributed by atoms with Crippen LogP contribution in [0.5, 0.6) is 5.75 Å². The molecule has 0 spiro atoms. The first kappa shape index (κ1) is 15.7. The Morgan fingerprint density at radius 1 is 1.53 bits per heavy atom. The first-order valence-corrected chi connectivity index (χ1v) is 7.38. The van der Waals surface area contributed by atoms with Crippen molar-refractivity contribution in [2.45, 2.75) is 24.8 Å². The van der Waals surface area contributed by atoms with Crippen LogP contribution in [0.3, 0.4) is 0 Å². The third-order valence-corrected chi connectivity index (χ3v) is 4.11. The van der Waals surface area contributed by atoms with E-state index in [9.17, 15) is 13.2 Å². The number of sulfonamides is 1. The lowest BCUT2D eigenvalue weighted by Crippen LogP contribution is -2.42. The fourth-order valence-electron chi connectivity index (χ4n) is 1.28. The van der Waals surface area contributed by atoms with Crippen LogP contribution >= 0.6 is 11.6 Å². The molecular formula is C11H15ClN2O4S. The minimum Gasteiger partial charge on any atom is -0.492 e. The molecule has 6 nitrogen and oxygen atoms in total. The first-order chi connectivity index (χ1) is 8.77. The predicted molar refractivity (Wildman–Crippen MR) is 71.6 cm³/mol. The second kappa shape index (κ2) is 6.23. The van der Waals surface area contributed by atoms with Gasteiger partial charge < -0.3 is 10.5 Å². The number of nitrogens with two attached hydrogens (primary N) is 1. The van der Waals surface area contributed by atoms with E-state index in [0.29, 0.717) is 12.4 Å². The van der Waals surface area contributed by atoms with E-state index in [-0.39, 0.29) is 9.92 Å². The quantitative estimate of drug-likeness (QED) is 0.815. The normalized spacial score (nSPS) is 13.0. The number of halogens is 1. The summed E-state index contributed by atoms with van der Waals surface area (Å²) in [6.45, 7) is 3.57. The van der Waals surface area contributed by atoms with Gasteiger partial charge >= 0.3 is 0 Å². The lowest BCUT2D eigenvalue weighted by atomic mass is 10.3. The molecule has 8 heteroatoms. The number of carbonyl (C=O) groups excluding carboxylic acids is 1. The van der Waals surface area contributed by atoms with E-state index in [1.54, 1.807) is 6.92 Å². The summed E-state index contributed by atoms with van der Waals surface area (Å²) in [5.74, 6) is -0.369. The van der Waals surface area contributed by atoms with Crippen molar-refractivity contribution in [1.82, 2.24) is 4.72 Å². The fraction of sp³-hybridized carbons (Fsp3) is 0.364. The van der Waals surface area contributed by atoms with E-state index in [1.165, 1.54) is 25.1 Å². The van der Waals surface area contributed by atoms with Crippen LogP contribution in [0.1, 0.15) is 13.8 Å². The zero-order valence-electron chi connectivity index (χ0n) is 10.5. The molecule has 0 bridgehead atoms. The molecule has 1 amide bonds. The number of hydrogen-bond donors (Lipinski definition) is 2. The molecular weight excluding hydrogens is 292 g/mol. The van der Waals surface area contributed by atoms with Gasteiger partial charge in [0.05, 0.1) is 22.6 Å². The molecule has 0 aliphatic carbocycles. The van der Waals surface area contributed by atoms with Gasteiger partial charge in [-0.15, -0.1) is 0 Å². The van der Waals surface area contributed by atoms with Crippen molar-refractivity contribution in [2.75, 3.05) is 6.61 Å². The molecule has 19 heavy (non-hydrogen) atoms. The summed E-state index contributed by atoms with van der Waals surface area (Å²) in [5, 5.41) is 0.177. The first-order valence-electron chi connectivity index (χ1n) is 5.52. The smallest absolute Gasteiger partial charge is 0.241 e. The molecule has 0 fully saturated rings. The maximum atomic E-state index is 12.0. The van der Waals surface area contributed by atoms with E-state index in [1.807, 2.05) is 0 Å². The Balaban J connectivity index is 3.02. The highest BCUT2D eigenvalue weighted by Crippen LogP contribution is 2.27. The van der Waals surface area contributed by atoms with Crippen molar-refractivity contribution in [3.63, 3.8) is 0 Å². The number of benzene rings is 1. The predicted octanol–water partition coefficient (Wildman–Crippen LogP) is 0.891. The Labute approximate surface area is 116 Å². The molecule has 1 aromatic rings. The maximum Gasteiger partial charge on any atom is 0.241 e. The molecule has 1 atom stereocenters. The van der Waals surface area contributed by atoms with E-state index >= 15 is 0 Å². The molecule has 0 aliphatic rings. The van der Waals surface area contributed by atoms with Crippen LogP contribution in [-0.4, -0.2) is 27.0 Å². The van der Waals surface area contributed by atoms with Gasteiger partial charge in [-0.1, -0.05) is 11.6 Å². The van der Waals surface area contributed by atoms with Gasteiger partial charge in [-0.25, -0.2) is 8.42 Å². The molecule has 0 saturated heterocycles. The number of amides is 1. The largest absolute Gasteiger partial charge is 0.492 e. The average Bonchev–Trinajstić information content (AvgIpc) is 2.31. The van der Waals surface area contributed by atoms with Crippen molar-refractivity contribution >= 4 is 27.5 Å². The minimum absolute atomic E-state index is 0.0611. The molecule has 0 heterocycles. The Morgan fingerprint density at radius 3 is 2.63 bits per heavy atom. The van der Waals surface area contributed by atoms with Crippen LogP contribution in [0.4, 0.5) is 0 Å². The van der Waals surface area contributed by atoms with E-state index in [0.717, 1.165) is 0 Å². The molecule has 0 radical (unpaired) electrons. The Morgan fingerprint density at radius 2 is 2.16 bits per heavy atom. The number of carbonyl (C=O) groups is 1. The number of nitrogens with one attached hydrogen (secondary N) is 1. The molecule has 0 aliphatic heterocycles. The molecule has 0 saturated carbocycles. The van der Waals surface area contributed by atoms with Gasteiger partial charge in [0, 0.05) is 0 Å². The van der Waals surface area contributed by atoms with Crippen molar-refractivity contribution < 1.29 is 17.9 Å². The topological polar surface area (TPSA) is 98.5 Å². The number of hydrogen-bond acceptors (Lipinski definition) is 4. The molecule has 0 aromatic heterocycles. The number of primary amides is 1. The van der Waals surface area contributed by atoms with Crippen LogP contribution in [-0.2, 0) is 14.8 Å². The van der Waals surface area contributed by atoms with E-state index in [4.69, 9.17) is 22.1 Å². The van der Waals surface area contributed by atoms with E-state index in [2.05, 4.69) is 4.72 Å². The lowest BCUT2D eigenvalue weighted by Gasteiger charge is -2.12. The number of ether oxygens (including phenoxy) is 1.